The highest BCUT2D eigenvalue weighted by atomic mass is 32.2. The summed E-state index contributed by atoms with van der Waals surface area (Å²) in [4.78, 5) is 28.5. The standard InChI is InChI=1S/C27H35N3O4S/c1-21-14-15-22(35(33,34)30-18-10-4-5-11-19-30)20-24(21)26(31)28-25-13-7-6-12-23(25)27(32)29-16-8-2-3-9-17-29/h6-7,12-15,20H,2-5,8-11,16-19H2,1H3,(H,28,31). The highest BCUT2D eigenvalue weighted by Crippen LogP contribution is 2.25. The largest absolute Gasteiger partial charge is 0.339 e. The molecule has 8 heteroatoms. The molecule has 0 spiro atoms. The molecule has 0 aliphatic carbocycles. The third-order valence-corrected chi connectivity index (χ3v) is 8.85. The normalized spacial score (nSPS) is 17.9. The number of para-hydroxylation sites is 1. The van der Waals surface area contributed by atoms with Gasteiger partial charge in [-0.1, -0.05) is 43.9 Å². The Labute approximate surface area is 208 Å². The molecule has 2 aliphatic heterocycles. The number of carbonyl (C=O) groups excluding carboxylic acids is 2. The van der Waals surface area contributed by atoms with Crippen molar-refractivity contribution in [2.45, 2.75) is 63.2 Å². The molecule has 2 fully saturated rings. The van der Waals surface area contributed by atoms with Crippen LogP contribution in [0.15, 0.2) is 47.4 Å². The summed E-state index contributed by atoms with van der Waals surface area (Å²) in [6.45, 7) is 4.23. The minimum atomic E-state index is -3.68. The van der Waals surface area contributed by atoms with Gasteiger partial charge in [-0.05, 0) is 62.4 Å². The third kappa shape index (κ3) is 5.93. The molecular weight excluding hydrogens is 462 g/mol. The first-order valence-electron chi connectivity index (χ1n) is 12.7. The molecule has 0 saturated carbocycles. The first-order chi connectivity index (χ1) is 16.9. The van der Waals surface area contributed by atoms with Gasteiger partial charge in [-0.3, -0.25) is 9.59 Å². The number of anilines is 1. The minimum absolute atomic E-state index is 0.0861. The van der Waals surface area contributed by atoms with Crippen molar-refractivity contribution in [3.8, 4) is 0 Å². The molecule has 2 aromatic rings. The fourth-order valence-electron chi connectivity index (χ4n) is 4.85. The Balaban J connectivity index is 1.57. The van der Waals surface area contributed by atoms with Gasteiger partial charge >= 0.3 is 0 Å². The fourth-order valence-corrected chi connectivity index (χ4v) is 6.39. The van der Waals surface area contributed by atoms with Crippen LogP contribution in [0.5, 0.6) is 0 Å². The lowest BCUT2D eigenvalue weighted by atomic mass is 10.1. The van der Waals surface area contributed by atoms with Gasteiger partial charge < -0.3 is 10.2 Å². The van der Waals surface area contributed by atoms with Crippen molar-refractivity contribution in [2.75, 3.05) is 31.5 Å². The highest BCUT2D eigenvalue weighted by Gasteiger charge is 2.27. The lowest BCUT2D eigenvalue weighted by Gasteiger charge is -2.22. The van der Waals surface area contributed by atoms with Crippen LogP contribution in [0.2, 0.25) is 0 Å². The van der Waals surface area contributed by atoms with E-state index in [1.165, 1.54) is 10.4 Å². The second-order valence-electron chi connectivity index (χ2n) is 9.50. The lowest BCUT2D eigenvalue weighted by Crippen LogP contribution is -2.33. The number of carbonyl (C=O) groups is 2. The SMILES string of the molecule is Cc1ccc(S(=O)(=O)N2CCCCCC2)cc1C(=O)Nc1ccccc1C(=O)N1CCCCCC1. The van der Waals surface area contributed by atoms with Crippen molar-refractivity contribution < 1.29 is 18.0 Å². The molecule has 2 heterocycles. The summed E-state index contributed by atoms with van der Waals surface area (Å²) in [5, 5.41) is 2.88. The maximum Gasteiger partial charge on any atom is 0.255 e. The van der Waals surface area contributed by atoms with E-state index >= 15 is 0 Å². The molecule has 2 aromatic carbocycles. The van der Waals surface area contributed by atoms with E-state index in [4.69, 9.17) is 0 Å². The molecule has 0 atom stereocenters. The Bertz CT molecular complexity index is 1160. The van der Waals surface area contributed by atoms with Crippen LogP contribution in [0, 0.1) is 6.92 Å². The summed E-state index contributed by atoms with van der Waals surface area (Å²) in [6.07, 6.45) is 7.97. The Hall–Kier alpha value is -2.71. The van der Waals surface area contributed by atoms with Crippen molar-refractivity contribution in [1.82, 2.24) is 9.21 Å². The van der Waals surface area contributed by atoms with Gasteiger partial charge in [0.05, 0.1) is 16.1 Å². The molecule has 1 N–H and O–H groups in total. The van der Waals surface area contributed by atoms with E-state index in [0.29, 0.717) is 29.9 Å². The van der Waals surface area contributed by atoms with Crippen LogP contribution in [-0.4, -0.2) is 55.6 Å². The van der Waals surface area contributed by atoms with Crippen molar-refractivity contribution in [3.05, 3.63) is 59.2 Å². The Morgan fingerprint density at radius 3 is 2.03 bits per heavy atom. The number of aryl methyl sites for hydroxylation is 1. The van der Waals surface area contributed by atoms with Gasteiger partial charge in [0.1, 0.15) is 0 Å². The molecule has 2 amide bonds. The zero-order valence-corrected chi connectivity index (χ0v) is 21.3. The van der Waals surface area contributed by atoms with E-state index in [-0.39, 0.29) is 16.4 Å². The number of nitrogens with one attached hydrogen (secondary N) is 1. The Kier molecular flexibility index (Phi) is 8.23. The minimum Gasteiger partial charge on any atom is -0.339 e. The van der Waals surface area contributed by atoms with Gasteiger partial charge in [0, 0.05) is 31.7 Å². The van der Waals surface area contributed by atoms with E-state index in [2.05, 4.69) is 5.32 Å². The predicted octanol–water partition coefficient (Wildman–Crippen LogP) is 4.83. The number of sulfonamides is 1. The van der Waals surface area contributed by atoms with Crippen molar-refractivity contribution in [2.24, 2.45) is 0 Å². The number of likely N-dealkylation sites (tertiary alicyclic amines) is 1. The summed E-state index contributed by atoms with van der Waals surface area (Å²) in [6, 6.07) is 11.7. The average Bonchev–Trinajstić information content (AvgIpc) is 3.30. The molecule has 0 aromatic heterocycles. The van der Waals surface area contributed by atoms with Crippen LogP contribution in [-0.2, 0) is 10.0 Å². The molecule has 0 radical (unpaired) electrons. The van der Waals surface area contributed by atoms with Gasteiger partial charge in [0.2, 0.25) is 10.0 Å². The topological polar surface area (TPSA) is 86.8 Å². The second kappa shape index (κ2) is 11.4. The van der Waals surface area contributed by atoms with Gasteiger partial charge in [-0.2, -0.15) is 4.31 Å². The Morgan fingerprint density at radius 1 is 0.771 bits per heavy atom. The van der Waals surface area contributed by atoms with E-state index in [1.807, 2.05) is 4.90 Å². The molecule has 0 bridgehead atoms. The smallest absolute Gasteiger partial charge is 0.255 e. The van der Waals surface area contributed by atoms with E-state index in [0.717, 1.165) is 64.5 Å². The number of hydrogen-bond acceptors (Lipinski definition) is 4. The zero-order chi connectivity index (χ0) is 24.8. The first kappa shape index (κ1) is 25.4. The van der Waals surface area contributed by atoms with Crippen LogP contribution in [0.3, 0.4) is 0 Å². The summed E-state index contributed by atoms with van der Waals surface area (Å²) >= 11 is 0. The van der Waals surface area contributed by atoms with Crippen LogP contribution >= 0.6 is 0 Å². The monoisotopic (exact) mass is 497 g/mol. The van der Waals surface area contributed by atoms with E-state index in [1.54, 1.807) is 43.3 Å². The second-order valence-corrected chi connectivity index (χ2v) is 11.4. The number of hydrogen-bond donors (Lipinski definition) is 1. The zero-order valence-electron chi connectivity index (χ0n) is 20.5. The highest BCUT2D eigenvalue weighted by molar-refractivity contribution is 7.89. The van der Waals surface area contributed by atoms with Gasteiger partial charge in [0.25, 0.3) is 11.8 Å². The van der Waals surface area contributed by atoms with Gasteiger partial charge in [-0.25, -0.2) is 8.42 Å². The van der Waals surface area contributed by atoms with Crippen molar-refractivity contribution >= 4 is 27.5 Å². The fraction of sp³-hybridized carbons (Fsp3) is 0.481. The van der Waals surface area contributed by atoms with Crippen LogP contribution in [0.4, 0.5) is 5.69 Å². The lowest BCUT2D eigenvalue weighted by molar-refractivity contribution is 0.0762. The molecule has 2 saturated heterocycles. The first-order valence-corrected chi connectivity index (χ1v) is 14.1. The molecule has 7 nitrogen and oxygen atoms in total. The Morgan fingerprint density at radius 2 is 1.37 bits per heavy atom. The van der Waals surface area contributed by atoms with Gasteiger partial charge in [0.15, 0.2) is 0 Å². The molecular formula is C27H35N3O4S. The molecule has 188 valence electrons. The quantitative estimate of drug-likeness (QED) is 0.641. The maximum atomic E-state index is 13.3. The maximum absolute atomic E-state index is 13.3. The van der Waals surface area contributed by atoms with Crippen LogP contribution in [0.1, 0.15) is 77.6 Å². The van der Waals surface area contributed by atoms with Crippen molar-refractivity contribution in [3.63, 3.8) is 0 Å². The summed E-state index contributed by atoms with van der Waals surface area (Å²) in [5.41, 5.74) is 1.85. The summed E-state index contributed by atoms with van der Waals surface area (Å²) in [5.74, 6) is -0.511. The number of benzene rings is 2. The average molecular weight is 498 g/mol. The third-order valence-electron chi connectivity index (χ3n) is 6.96. The van der Waals surface area contributed by atoms with Crippen LogP contribution in [0.25, 0.3) is 0 Å². The number of amides is 2. The van der Waals surface area contributed by atoms with Crippen molar-refractivity contribution in [1.29, 1.82) is 0 Å². The molecule has 0 unspecified atom stereocenters. The molecule has 2 aliphatic rings. The van der Waals surface area contributed by atoms with E-state index in [9.17, 15) is 18.0 Å². The van der Waals surface area contributed by atoms with Crippen LogP contribution < -0.4 is 5.32 Å². The van der Waals surface area contributed by atoms with E-state index < -0.39 is 15.9 Å². The molecule has 35 heavy (non-hydrogen) atoms. The predicted molar refractivity (Wildman–Crippen MR) is 137 cm³/mol. The van der Waals surface area contributed by atoms with Gasteiger partial charge in [-0.15, -0.1) is 0 Å². The number of nitrogens with zero attached hydrogens (tertiary/aromatic N) is 2. The summed E-state index contributed by atoms with van der Waals surface area (Å²) in [7, 11) is -3.68. The number of rotatable bonds is 5. The summed E-state index contributed by atoms with van der Waals surface area (Å²) < 4.78 is 28.1. The molecule has 4 rings (SSSR count).